The zero-order chi connectivity index (χ0) is 13.8. The zero-order valence-electron chi connectivity index (χ0n) is 11.1. The molecule has 0 aromatic heterocycles. The van der Waals surface area contributed by atoms with Crippen molar-refractivity contribution in [3.63, 3.8) is 0 Å². The molecular weight excluding hydrogens is 308 g/mol. The van der Waals surface area contributed by atoms with Gasteiger partial charge in [0.2, 0.25) is 0 Å². The molecule has 104 valence electrons. The predicted octanol–water partition coefficient (Wildman–Crippen LogP) is 2.82. The van der Waals surface area contributed by atoms with Crippen LogP contribution in [0.1, 0.15) is 24.0 Å². The van der Waals surface area contributed by atoms with Crippen LogP contribution in [-0.4, -0.2) is 30.2 Å². The lowest BCUT2D eigenvalue weighted by molar-refractivity contribution is 0.0811. The summed E-state index contributed by atoms with van der Waals surface area (Å²) in [5.74, 6) is 0. The van der Waals surface area contributed by atoms with Crippen molar-refractivity contribution in [3.8, 4) is 0 Å². The maximum atomic E-state index is 11.5. The maximum Gasteiger partial charge on any atom is 0.315 e. The molecule has 0 aliphatic carbocycles. The Hall–Kier alpha value is -1.07. The molecule has 1 aromatic carbocycles. The minimum absolute atomic E-state index is 0.122. The molecule has 2 rings (SSSR count). The number of nitrogens with two attached hydrogens (primary N) is 1. The summed E-state index contributed by atoms with van der Waals surface area (Å²) < 4.78 is 6.57. The first-order valence-corrected chi connectivity index (χ1v) is 7.26. The van der Waals surface area contributed by atoms with Gasteiger partial charge in [0.15, 0.2) is 0 Å². The highest BCUT2D eigenvalue weighted by atomic mass is 79.9. The summed E-state index contributed by atoms with van der Waals surface area (Å²) >= 11 is 3.53. The Kier molecular flexibility index (Phi) is 4.82. The fraction of sp³-hybridized carbons (Fsp3) is 0.500. The second-order valence-electron chi connectivity index (χ2n) is 4.95. The van der Waals surface area contributed by atoms with Crippen molar-refractivity contribution < 1.29 is 9.53 Å². The highest BCUT2D eigenvalue weighted by Gasteiger charge is 2.21. The van der Waals surface area contributed by atoms with Crippen molar-refractivity contribution in [2.24, 2.45) is 5.73 Å². The Morgan fingerprint density at radius 2 is 2.37 bits per heavy atom. The van der Waals surface area contributed by atoms with E-state index in [4.69, 9.17) is 10.5 Å². The van der Waals surface area contributed by atoms with Crippen molar-refractivity contribution in [1.29, 1.82) is 0 Å². The first-order valence-electron chi connectivity index (χ1n) is 6.47. The van der Waals surface area contributed by atoms with E-state index in [0.29, 0.717) is 13.1 Å². The van der Waals surface area contributed by atoms with Crippen LogP contribution in [0.3, 0.4) is 0 Å². The van der Waals surface area contributed by atoms with Crippen LogP contribution in [0.2, 0.25) is 0 Å². The number of hydrogen-bond acceptors (Lipinski definition) is 2. The largest absolute Gasteiger partial charge is 0.376 e. The number of rotatable bonds is 4. The van der Waals surface area contributed by atoms with Crippen LogP contribution in [0.25, 0.3) is 0 Å². The Labute approximate surface area is 122 Å². The molecule has 5 heteroatoms. The summed E-state index contributed by atoms with van der Waals surface area (Å²) in [5.41, 5.74) is 7.70. The normalized spacial score (nSPS) is 18.5. The van der Waals surface area contributed by atoms with E-state index < -0.39 is 6.03 Å². The lowest BCUT2D eigenvalue weighted by Crippen LogP contribution is -2.40. The van der Waals surface area contributed by atoms with Crippen LogP contribution in [0.15, 0.2) is 22.7 Å². The van der Waals surface area contributed by atoms with Gasteiger partial charge in [-0.1, -0.05) is 28.1 Å². The molecule has 1 atom stereocenters. The van der Waals surface area contributed by atoms with Gasteiger partial charge in [0.25, 0.3) is 0 Å². The number of halogens is 1. The SMILES string of the molecule is Cc1ccc(CN(C[C@H]2CCCO2)C(N)=O)c(Br)c1. The number of carbonyl (C=O) groups excluding carboxylic acids is 1. The fourth-order valence-corrected chi connectivity index (χ4v) is 2.87. The van der Waals surface area contributed by atoms with E-state index >= 15 is 0 Å². The molecule has 0 radical (unpaired) electrons. The number of benzene rings is 1. The van der Waals surface area contributed by atoms with E-state index in [2.05, 4.69) is 15.9 Å². The summed E-state index contributed by atoms with van der Waals surface area (Å²) in [4.78, 5) is 13.2. The summed E-state index contributed by atoms with van der Waals surface area (Å²) in [5, 5.41) is 0. The van der Waals surface area contributed by atoms with Crippen LogP contribution in [0.5, 0.6) is 0 Å². The van der Waals surface area contributed by atoms with E-state index in [-0.39, 0.29) is 6.10 Å². The topological polar surface area (TPSA) is 55.6 Å². The quantitative estimate of drug-likeness (QED) is 0.924. The van der Waals surface area contributed by atoms with Crippen LogP contribution in [-0.2, 0) is 11.3 Å². The predicted molar refractivity (Wildman–Crippen MR) is 77.8 cm³/mol. The van der Waals surface area contributed by atoms with E-state index in [0.717, 1.165) is 29.5 Å². The average molecular weight is 327 g/mol. The molecule has 1 aromatic rings. The number of nitrogens with zero attached hydrogens (tertiary/aromatic N) is 1. The van der Waals surface area contributed by atoms with Gasteiger partial charge < -0.3 is 15.4 Å². The van der Waals surface area contributed by atoms with Gasteiger partial charge >= 0.3 is 6.03 Å². The summed E-state index contributed by atoms with van der Waals surface area (Å²) in [7, 11) is 0. The van der Waals surface area contributed by atoms with Gasteiger partial charge in [-0.25, -0.2) is 4.79 Å². The molecule has 0 bridgehead atoms. The van der Waals surface area contributed by atoms with Gasteiger partial charge in [0.1, 0.15) is 0 Å². The third-order valence-corrected chi connectivity index (χ3v) is 4.07. The third kappa shape index (κ3) is 3.94. The first kappa shape index (κ1) is 14.3. The maximum absolute atomic E-state index is 11.5. The van der Waals surface area contributed by atoms with Gasteiger partial charge in [-0.2, -0.15) is 0 Å². The number of hydrogen-bond donors (Lipinski definition) is 1. The first-order chi connectivity index (χ1) is 9.06. The molecule has 1 saturated heterocycles. The molecule has 0 spiro atoms. The molecule has 2 N–H and O–H groups in total. The van der Waals surface area contributed by atoms with Gasteiger partial charge in [0.05, 0.1) is 6.10 Å². The Balaban J connectivity index is 2.05. The third-order valence-electron chi connectivity index (χ3n) is 3.33. The number of ether oxygens (including phenoxy) is 1. The second-order valence-corrected chi connectivity index (χ2v) is 5.80. The highest BCUT2D eigenvalue weighted by molar-refractivity contribution is 9.10. The number of aryl methyl sites for hydroxylation is 1. The van der Waals surface area contributed by atoms with Crippen LogP contribution in [0, 0.1) is 6.92 Å². The Morgan fingerprint density at radius 3 is 2.95 bits per heavy atom. The molecule has 1 aliphatic rings. The molecule has 0 saturated carbocycles. The second kappa shape index (κ2) is 6.39. The minimum Gasteiger partial charge on any atom is -0.376 e. The van der Waals surface area contributed by atoms with Crippen molar-refractivity contribution in [3.05, 3.63) is 33.8 Å². The van der Waals surface area contributed by atoms with E-state index in [1.165, 1.54) is 5.56 Å². The molecule has 1 fully saturated rings. The number of amides is 2. The van der Waals surface area contributed by atoms with Gasteiger partial charge in [-0.15, -0.1) is 0 Å². The van der Waals surface area contributed by atoms with Gasteiger partial charge in [-0.3, -0.25) is 0 Å². The lowest BCUT2D eigenvalue weighted by Gasteiger charge is -2.24. The molecule has 0 unspecified atom stereocenters. The molecule has 4 nitrogen and oxygen atoms in total. The standard InChI is InChI=1S/C14H19BrN2O2/c1-10-4-5-11(13(15)7-10)8-17(14(16)18)9-12-3-2-6-19-12/h4-5,7,12H,2-3,6,8-9H2,1H3,(H2,16,18)/t12-/m1/s1. The Morgan fingerprint density at radius 1 is 1.58 bits per heavy atom. The van der Waals surface area contributed by atoms with Crippen LogP contribution >= 0.6 is 15.9 Å². The van der Waals surface area contributed by atoms with E-state index in [1.54, 1.807) is 4.90 Å². The monoisotopic (exact) mass is 326 g/mol. The Bertz CT molecular complexity index is 459. The summed E-state index contributed by atoms with van der Waals surface area (Å²) in [6.07, 6.45) is 2.18. The average Bonchev–Trinajstić information content (AvgIpc) is 2.84. The number of urea groups is 1. The molecule has 1 aliphatic heterocycles. The fourth-order valence-electron chi connectivity index (χ4n) is 2.25. The van der Waals surface area contributed by atoms with Gasteiger partial charge in [-0.05, 0) is 37.0 Å². The summed E-state index contributed by atoms with van der Waals surface area (Å²) in [6.45, 7) is 3.89. The smallest absolute Gasteiger partial charge is 0.315 e. The molecule has 2 amide bonds. The zero-order valence-corrected chi connectivity index (χ0v) is 12.6. The van der Waals surface area contributed by atoms with Crippen molar-refractivity contribution in [2.75, 3.05) is 13.2 Å². The molecule has 19 heavy (non-hydrogen) atoms. The molecule has 1 heterocycles. The number of carbonyl (C=O) groups is 1. The van der Waals surface area contributed by atoms with Crippen molar-refractivity contribution in [2.45, 2.75) is 32.4 Å². The van der Waals surface area contributed by atoms with Crippen molar-refractivity contribution >= 4 is 22.0 Å². The van der Waals surface area contributed by atoms with Crippen LogP contribution in [0.4, 0.5) is 4.79 Å². The highest BCUT2D eigenvalue weighted by Crippen LogP contribution is 2.21. The number of primary amides is 1. The van der Waals surface area contributed by atoms with Gasteiger partial charge in [0, 0.05) is 24.2 Å². The van der Waals surface area contributed by atoms with Crippen molar-refractivity contribution in [1.82, 2.24) is 4.90 Å². The lowest BCUT2D eigenvalue weighted by atomic mass is 10.1. The minimum atomic E-state index is -0.400. The summed E-state index contributed by atoms with van der Waals surface area (Å²) in [6, 6.07) is 5.69. The molecular formula is C14H19BrN2O2. The van der Waals surface area contributed by atoms with E-state index in [9.17, 15) is 4.79 Å². The van der Waals surface area contributed by atoms with E-state index in [1.807, 2.05) is 25.1 Å². The van der Waals surface area contributed by atoms with Crippen LogP contribution < -0.4 is 5.73 Å².